The van der Waals surface area contributed by atoms with Crippen LogP contribution in [-0.2, 0) is 0 Å². The van der Waals surface area contributed by atoms with E-state index in [1.807, 2.05) is 50.2 Å². The third-order valence-electron chi connectivity index (χ3n) is 2.11. The van der Waals surface area contributed by atoms with Crippen molar-refractivity contribution in [2.75, 3.05) is 0 Å². The first-order valence-corrected chi connectivity index (χ1v) is 6.78. The van der Waals surface area contributed by atoms with Gasteiger partial charge < -0.3 is 9.47 Å². The Morgan fingerprint density at radius 2 is 2.00 bits per heavy atom. The molecule has 0 spiro atoms. The molecule has 1 heterocycles. The molecule has 0 amide bonds. The largest absolute Gasteiger partial charge is 0.485 e. The van der Waals surface area contributed by atoms with Gasteiger partial charge in [0.2, 0.25) is 0 Å². The van der Waals surface area contributed by atoms with Crippen LogP contribution in [0.2, 0.25) is 0 Å². The molecule has 94 valence electrons. The van der Waals surface area contributed by atoms with Gasteiger partial charge in [0.1, 0.15) is 5.75 Å². The van der Waals surface area contributed by atoms with E-state index in [1.165, 1.54) is 0 Å². The summed E-state index contributed by atoms with van der Waals surface area (Å²) in [6.45, 7) is 3.95. The van der Waals surface area contributed by atoms with Gasteiger partial charge >= 0.3 is 0 Å². The molecule has 2 aromatic rings. The number of hydrogen-bond donors (Lipinski definition) is 0. The van der Waals surface area contributed by atoms with Crippen molar-refractivity contribution < 1.29 is 9.47 Å². The van der Waals surface area contributed by atoms with E-state index in [9.17, 15) is 0 Å². The van der Waals surface area contributed by atoms with Crippen LogP contribution in [0.4, 0.5) is 0 Å². The quantitative estimate of drug-likeness (QED) is 0.768. The molecule has 4 heteroatoms. The maximum absolute atomic E-state index is 5.75. The van der Waals surface area contributed by atoms with Crippen molar-refractivity contribution in [3.8, 4) is 17.4 Å². The highest BCUT2D eigenvalue weighted by Crippen LogP contribution is 2.29. The number of halogens is 1. The number of nitrogens with zero attached hydrogens (tertiary/aromatic N) is 1. The molecule has 0 aliphatic carbocycles. The second kappa shape index (κ2) is 6.04. The van der Waals surface area contributed by atoms with Crippen molar-refractivity contribution in [2.24, 2.45) is 0 Å². The van der Waals surface area contributed by atoms with Crippen LogP contribution in [0.5, 0.6) is 17.4 Å². The Balaban J connectivity index is 2.23. The van der Waals surface area contributed by atoms with E-state index in [0.717, 1.165) is 9.32 Å². The van der Waals surface area contributed by atoms with Crippen LogP contribution < -0.4 is 9.47 Å². The molecular formula is C14H14INO2. The fourth-order valence-electron chi connectivity index (χ4n) is 1.44. The summed E-state index contributed by atoms with van der Waals surface area (Å²) in [7, 11) is 0. The first-order chi connectivity index (χ1) is 8.65. The predicted octanol–water partition coefficient (Wildman–Crippen LogP) is 4.27. The summed E-state index contributed by atoms with van der Waals surface area (Å²) in [5, 5.41) is 0. The van der Waals surface area contributed by atoms with E-state index < -0.39 is 0 Å². The number of ether oxygens (including phenoxy) is 2. The summed E-state index contributed by atoms with van der Waals surface area (Å²) in [6.07, 6.45) is 1.78. The Bertz CT molecular complexity index is 529. The summed E-state index contributed by atoms with van der Waals surface area (Å²) in [6, 6.07) is 11.5. The molecule has 0 saturated heterocycles. The minimum atomic E-state index is 0.0902. The zero-order valence-electron chi connectivity index (χ0n) is 10.3. The zero-order chi connectivity index (χ0) is 13.0. The van der Waals surface area contributed by atoms with E-state index in [1.54, 1.807) is 6.20 Å². The number of pyridine rings is 1. The highest BCUT2D eigenvalue weighted by molar-refractivity contribution is 14.1. The Kier molecular flexibility index (Phi) is 4.41. The molecule has 3 nitrogen and oxygen atoms in total. The summed E-state index contributed by atoms with van der Waals surface area (Å²) in [4.78, 5) is 4.21. The monoisotopic (exact) mass is 355 g/mol. The third kappa shape index (κ3) is 3.60. The molecular weight excluding hydrogens is 341 g/mol. The molecule has 2 rings (SSSR count). The lowest BCUT2D eigenvalue weighted by Crippen LogP contribution is -2.07. The second-order valence-electron chi connectivity index (χ2n) is 4.03. The average Bonchev–Trinajstić information content (AvgIpc) is 2.31. The summed E-state index contributed by atoms with van der Waals surface area (Å²) < 4.78 is 12.5. The van der Waals surface area contributed by atoms with Gasteiger partial charge in [-0.3, -0.25) is 0 Å². The second-order valence-corrected chi connectivity index (χ2v) is 5.28. The fourth-order valence-corrected chi connectivity index (χ4v) is 1.95. The lowest BCUT2D eigenvalue weighted by Gasteiger charge is -2.13. The Hall–Kier alpha value is -1.30. The lowest BCUT2D eigenvalue weighted by atomic mass is 10.3. The van der Waals surface area contributed by atoms with Crippen molar-refractivity contribution in [2.45, 2.75) is 20.0 Å². The molecule has 0 radical (unpaired) electrons. The highest BCUT2D eigenvalue weighted by atomic mass is 127. The summed E-state index contributed by atoms with van der Waals surface area (Å²) >= 11 is 2.25. The Morgan fingerprint density at radius 1 is 1.17 bits per heavy atom. The number of hydrogen-bond acceptors (Lipinski definition) is 3. The van der Waals surface area contributed by atoms with Crippen molar-refractivity contribution >= 4 is 22.6 Å². The summed E-state index contributed by atoms with van der Waals surface area (Å²) in [5.41, 5.74) is 0. The van der Waals surface area contributed by atoms with Gasteiger partial charge in [-0.15, -0.1) is 0 Å². The van der Waals surface area contributed by atoms with Crippen LogP contribution in [0.15, 0.2) is 42.6 Å². The van der Waals surface area contributed by atoms with Crippen LogP contribution >= 0.6 is 22.6 Å². The number of benzene rings is 1. The van der Waals surface area contributed by atoms with Gasteiger partial charge in [-0.1, -0.05) is 6.07 Å². The standard InChI is InChI=1S/C14H14INO2/c1-10(2)17-13-7-4-8-16-14(13)18-12-6-3-5-11(15)9-12/h3-10H,1-2H3. The molecule has 0 fully saturated rings. The zero-order valence-corrected chi connectivity index (χ0v) is 12.4. The van der Waals surface area contributed by atoms with E-state index in [-0.39, 0.29) is 6.10 Å². The number of rotatable bonds is 4. The van der Waals surface area contributed by atoms with Crippen LogP contribution in [-0.4, -0.2) is 11.1 Å². The molecule has 0 aliphatic rings. The van der Waals surface area contributed by atoms with E-state index in [2.05, 4.69) is 27.6 Å². The smallest absolute Gasteiger partial charge is 0.262 e. The third-order valence-corrected chi connectivity index (χ3v) is 2.78. The molecule has 1 aromatic carbocycles. The fraction of sp³-hybridized carbons (Fsp3) is 0.214. The van der Waals surface area contributed by atoms with Gasteiger partial charge in [0.15, 0.2) is 5.75 Å². The normalized spacial score (nSPS) is 10.4. The molecule has 0 unspecified atom stereocenters. The maximum atomic E-state index is 5.75. The lowest BCUT2D eigenvalue weighted by molar-refractivity contribution is 0.231. The van der Waals surface area contributed by atoms with E-state index in [4.69, 9.17) is 9.47 Å². The Labute approximate surface area is 120 Å². The maximum Gasteiger partial charge on any atom is 0.262 e. The minimum Gasteiger partial charge on any atom is -0.485 e. The van der Waals surface area contributed by atoms with Gasteiger partial charge in [0.05, 0.1) is 6.10 Å². The van der Waals surface area contributed by atoms with Gasteiger partial charge in [-0.05, 0) is 66.8 Å². The molecule has 0 aliphatic heterocycles. The van der Waals surface area contributed by atoms with Crippen LogP contribution in [0.3, 0.4) is 0 Å². The summed E-state index contributed by atoms with van der Waals surface area (Å²) in [5.74, 6) is 1.91. The SMILES string of the molecule is CC(C)Oc1cccnc1Oc1cccc(I)c1. The number of aromatic nitrogens is 1. The van der Waals surface area contributed by atoms with Crippen molar-refractivity contribution in [3.63, 3.8) is 0 Å². The predicted molar refractivity (Wildman–Crippen MR) is 79.2 cm³/mol. The van der Waals surface area contributed by atoms with E-state index >= 15 is 0 Å². The van der Waals surface area contributed by atoms with Crippen molar-refractivity contribution in [1.82, 2.24) is 4.98 Å². The van der Waals surface area contributed by atoms with E-state index in [0.29, 0.717) is 11.6 Å². The minimum absolute atomic E-state index is 0.0902. The molecule has 0 saturated carbocycles. The molecule has 0 atom stereocenters. The molecule has 1 aromatic heterocycles. The van der Waals surface area contributed by atoms with Crippen LogP contribution in [0, 0.1) is 3.57 Å². The molecule has 0 bridgehead atoms. The Morgan fingerprint density at radius 3 is 2.72 bits per heavy atom. The topological polar surface area (TPSA) is 31.4 Å². The van der Waals surface area contributed by atoms with Crippen LogP contribution in [0.25, 0.3) is 0 Å². The molecule has 18 heavy (non-hydrogen) atoms. The van der Waals surface area contributed by atoms with Gasteiger partial charge in [0, 0.05) is 9.77 Å². The van der Waals surface area contributed by atoms with Crippen molar-refractivity contribution in [3.05, 3.63) is 46.2 Å². The first-order valence-electron chi connectivity index (χ1n) is 5.70. The first kappa shape index (κ1) is 13.1. The van der Waals surface area contributed by atoms with Crippen molar-refractivity contribution in [1.29, 1.82) is 0 Å². The van der Waals surface area contributed by atoms with Crippen LogP contribution in [0.1, 0.15) is 13.8 Å². The van der Waals surface area contributed by atoms with Gasteiger partial charge in [-0.2, -0.15) is 0 Å². The van der Waals surface area contributed by atoms with Gasteiger partial charge in [-0.25, -0.2) is 4.98 Å². The van der Waals surface area contributed by atoms with Gasteiger partial charge in [0.25, 0.3) is 5.88 Å². The molecule has 0 N–H and O–H groups in total. The highest BCUT2D eigenvalue weighted by Gasteiger charge is 2.08. The average molecular weight is 355 g/mol.